The van der Waals surface area contributed by atoms with E-state index >= 15 is 0 Å². The van der Waals surface area contributed by atoms with Crippen LogP contribution in [-0.4, -0.2) is 5.50 Å². The van der Waals surface area contributed by atoms with Crippen molar-refractivity contribution in [2.75, 3.05) is 5.32 Å². The Labute approximate surface area is 94.4 Å². The molecule has 0 saturated heterocycles. The summed E-state index contributed by atoms with van der Waals surface area (Å²) in [6.45, 7) is 6.01. The van der Waals surface area contributed by atoms with E-state index < -0.39 is 0 Å². The van der Waals surface area contributed by atoms with Gasteiger partial charge in [0.15, 0.2) is 0 Å². The van der Waals surface area contributed by atoms with Gasteiger partial charge in [0, 0.05) is 4.90 Å². The maximum Gasteiger partial charge on any atom is 0.147 e. The molecular weight excluding hydrogens is 211 g/mol. The number of hydrogen-bond acceptors (Lipinski definition) is 3. The third-order valence-corrected chi connectivity index (χ3v) is 3.01. The van der Waals surface area contributed by atoms with Gasteiger partial charge in [0.2, 0.25) is 0 Å². The van der Waals surface area contributed by atoms with E-state index in [0.29, 0.717) is 5.69 Å². The Bertz CT molecular complexity index is 342. The van der Waals surface area contributed by atoms with Gasteiger partial charge in [-0.15, -0.1) is 0 Å². The highest BCUT2D eigenvalue weighted by Gasteiger charge is 2.21. The molecule has 1 aromatic carbocycles. The fourth-order valence-corrected chi connectivity index (χ4v) is 2.32. The van der Waals surface area contributed by atoms with Gasteiger partial charge in [0.05, 0.1) is 5.69 Å². The Morgan fingerprint density at radius 3 is 2.73 bits per heavy atom. The van der Waals surface area contributed by atoms with Gasteiger partial charge in [-0.25, -0.2) is 4.39 Å². The molecule has 1 unspecified atom stereocenters. The van der Waals surface area contributed by atoms with Crippen LogP contribution in [0.3, 0.4) is 0 Å². The zero-order chi connectivity index (χ0) is 11.4. The highest BCUT2D eigenvalue weighted by atomic mass is 32.2. The average Bonchev–Trinajstić information content (AvgIpc) is 2.62. The van der Waals surface area contributed by atoms with Crippen molar-refractivity contribution in [3.05, 3.63) is 23.5 Å². The fraction of sp³-hybridized carbons (Fsp3) is 0.455. The number of benzene rings is 1. The van der Waals surface area contributed by atoms with E-state index in [0.717, 1.165) is 16.9 Å². The van der Waals surface area contributed by atoms with Gasteiger partial charge in [-0.3, -0.25) is 0 Å². The molecule has 1 atom stereocenters. The maximum atomic E-state index is 13.4. The molecule has 0 bridgehead atoms. The second-order valence-electron chi connectivity index (χ2n) is 2.99. The number of thioether (sulfide) groups is 1. The molecule has 84 valence electrons. The lowest BCUT2D eigenvalue weighted by Crippen LogP contribution is -2.21. The van der Waals surface area contributed by atoms with Crippen LogP contribution < -0.4 is 11.1 Å². The zero-order valence-electron chi connectivity index (χ0n) is 9.30. The Morgan fingerprint density at radius 1 is 1.47 bits per heavy atom. The summed E-state index contributed by atoms with van der Waals surface area (Å²) < 4.78 is 13.4. The number of halogens is 1. The smallest absolute Gasteiger partial charge is 0.147 e. The van der Waals surface area contributed by atoms with Crippen molar-refractivity contribution in [3.8, 4) is 0 Å². The normalized spacial score (nSPS) is 17.5. The number of anilines is 1. The van der Waals surface area contributed by atoms with E-state index in [-0.39, 0.29) is 11.3 Å². The molecule has 0 spiro atoms. The summed E-state index contributed by atoms with van der Waals surface area (Å²) in [5, 5.41) is 2.88. The predicted molar refractivity (Wildman–Crippen MR) is 64.6 cm³/mol. The molecule has 1 aliphatic rings. The number of rotatable bonds is 1. The first-order valence-electron chi connectivity index (χ1n) is 5.22. The molecule has 0 amide bonds. The van der Waals surface area contributed by atoms with Gasteiger partial charge in [-0.05, 0) is 24.1 Å². The number of aryl methyl sites for hydroxylation is 1. The van der Waals surface area contributed by atoms with Crippen molar-refractivity contribution < 1.29 is 4.39 Å². The summed E-state index contributed by atoms with van der Waals surface area (Å²) in [6, 6.07) is 3.55. The van der Waals surface area contributed by atoms with Crippen LogP contribution in [0.5, 0.6) is 0 Å². The lowest BCUT2D eigenvalue weighted by molar-refractivity contribution is 0.625. The van der Waals surface area contributed by atoms with Gasteiger partial charge in [0.1, 0.15) is 11.3 Å². The molecular formula is C11H17FN2S. The topological polar surface area (TPSA) is 38.0 Å². The molecule has 0 radical (unpaired) electrons. The van der Waals surface area contributed by atoms with Crippen LogP contribution in [-0.2, 0) is 6.42 Å². The van der Waals surface area contributed by atoms with Crippen LogP contribution >= 0.6 is 11.8 Å². The maximum absolute atomic E-state index is 13.4. The van der Waals surface area contributed by atoms with Crippen LogP contribution in [0.25, 0.3) is 0 Å². The SMILES string of the molecule is CC.CCc1cc(F)c2c(c1)SC(N)N2. The summed E-state index contributed by atoms with van der Waals surface area (Å²) in [6.07, 6.45) is 0.847. The first-order valence-corrected chi connectivity index (χ1v) is 6.10. The third-order valence-electron chi connectivity index (χ3n) is 2.06. The van der Waals surface area contributed by atoms with Gasteiger partial charge in [-0.2, -0.15) is 0 Å². The Hall–Kier alpha value is -0.740. The highest BCUT2D eigenvalue weighted by Crippen LogP contribution is 2.38. The first kappa shape index (κ1) is 12.3. The summed E-state index contributed by atoms with van der Waals surface area (Å²) in [7, 11) is 0. The molecule has 0 fully saturated rings. The van der Waals surface area contributed by atoms with E-state index in [1.165, 1.54) is 11.8 Å². The van der Waals surface area contributed by atoms with Gasteiger partial charge in [0.25, 0.3) is 0 Å². The molecule has 1 aromatic rings. The monoisotopic (exact) mass is 228 g/mol. The van der Waals surface area contributed by atoms with Crippen LogP contribution in [0.2, 0.25) is 0 Å². The van der Waals surface area contributed by atoms with Crippen LogP contribution in [0, 0.1) is 5.82 Å². The third kappa shape index (κ3) is 2.63. The predicted octanol–water partition coefficient (Wildman–Crippen LogP) is 3.17. The van der Waals surface area contributed by atoms with E-state index in [1.807, 2.05) is 26.8 Å². The van der Waals surface area contributed by atoms with Crippen LogP contribution in [0.15, 0.2) is 17.0 Å². The fourth-order valence-electron chi connectivity index (χ4n) is 1.38. The van der Waals surface area contributed by atoms with E-state index in [9.17, 15) is 4.39 Å². The highest BCUT2D eigenvalue weighted by molar-refractivity contribution is 8.00. The second-order valence-corrected chi connectivity index (χ2v) is 4.17. The van der Waals surface area contributed by atoms with Gasteiger partial charge in [-0.1, -0.05) is 32.5 Å². The van der Waals surface area contributed by atoms with Crippen molar-refractivity contribution in [3.63, 3.8) is 0 Å². The van der Waals surface area contributed by atoms with Crippen molar-refractivity contribution >= 4 is 17.4 Å². The van der Waals surface area contributed by atoms with Gasteiger partial charge < -0.3 is 11.1 Å². The second kappa shape index (κ2) is 5.37. The number of fused-ring (bicyclic) bond motifs is 1. The van der Waals surface area contributed by atoms with Crippen LogP contribution in [0.1, 0.15) is 26.3 Å². The lowest BCUT2D eigenvalue weighted by atomic mass is 10.1. The summed E-state index contributed by atoms with van der Waals surface area (Å²) in [5.41, 5.74) is 6.98. The van der Waals surface area contributed by atoms with E-state index in [4.69, 9.17) is 5.73 Å². The molecule has 2 rings (SSSR count). The summed E-state index contributed by atoms with van der Waals surface area (Å²) >= 11 is 1.46. The molecule has 15 heavy (non-hydrogen) atoms. The Kier molecular flexibility index (Phi) is 4.42. The van der Waals surface area contributed by atoms with Crippen molar-refractivity contribution in [1.29, 1.82) is 0 Å². The molecule has 0 saturated carbocycles. The minimum absolute atomic E-state index is 0.199. The number of nitrogens with one attached hydrogen (secondary N) is 1. The average molecular weight is 228 g/mol. The molecule has 1 aliphatic heterocycles. The zero-order valence-corrected chi connectivity index (χ0v) is 10.1. The lowest BCUT2D eigenvalue weighted by Gasteiger charge is -2.03. The Balaban J connectivity index is 0.000000531. The van der Waals surface area contributed by atoms with Crippen molar-refractivity contribution in [1.82, 2.24) is 0 Å². The minimum atomic E-state index is -0.211. The quantitative estimate of drug-likeness (QED) is 0.775. The van der Waals surface area contributed by atoms with Gasteiger partial charge >= 0.3 is 0 Å². The standard InChI is InChI=1S/C9H11FN2S.C2H6/c1-2-5-3-6(10)8-7(4-5)13-9(11)12-8;1-2/h3-4,9,12H,2,11H2,1H3;1-2H3. The van der Waals surface area contributed by atoms with E-state index in [2.05, 4.69) is 5.32 Å². The van der Waals surface area contributed by atoms with E-state index in [1.54, 1.807) is 6.07 Å². The van der Waals surface area contributed by atoms with Crippen molar-refractivity contribution in [2.24, 2.45) is 5.73 Å². The molecule has 4 heteroatoms. The molecule has 1 heterocycles. The molecule has 3 N–H and O–H groups in total. The number of nitrogens with two attached hydrogens (primary N) is 1. The summed E-state index contributed by atoms with van der Waals surface area (Å²) in [5.74, 6) is -0.199. The minimum Gasteiger partial charge on any atom is -0.358 e. The van der Waals surface area contributed by atoms with Crippen LogP contribution in [0.4, 0.5) is 10.1 Å². The summed E-state index contributed by atoms with van der Waals surface area (Å²) in [4.78, 5) is 0.921. The Morgan fingerprint density at radius 2 is 2.13 bits per heavy atom. The van der Waals surface area contributed by atoms with Crippen molar-refractivity contribution in [2.45, 2.75) is 37.6 Å². The first-order chi connectivity index (χ1) is 7.20. The number of hydrogen-bond donors (Lipinski definition) is 2. The molecule has 0 aliphatic carbocycles. The molecule has 2 nitrogen and oxygen atoms in total. The largest absolute Gasteiger partial charge is 0.358 e. The molecule has 0 aromatic heterocycles.